The van der Waals surface area contributed by atoms with E-state index in [1.807, 2.05) is 6.92 Å². The topological polar surface area (TPSA) is 56.0 Å². The highest BCUT2D eigenvalue weighted by atomic mass is 79.9. The summed E-state index contributed by atoms with van der Waals surface area (Å²) in [4.78, 5) is 15.6. The summed E-state index contributed by atoms with van der Waals surface area (Å²) >= 11 is 9.15. The lowest BCUT2D eigenvalue weighted by atomic mass is 9.83. The molecule has 82 valence electrons. The molecular weight excluding hydrogens is 279 g/mol. The number of nitrogens with two attached hydrogens (primary N) is 1. The maximum absolute atomic E-state index is 11.4. The van der Waals surface area contributed by atoms with Gasteiger partial charge in [-0.15, -0.1) is 0 Å². The van der Waals surface area contributed by atoms with Crippen LogP contribution >= 0.6 is 27.5 Å². The Morgan fingerprint density at radius 1 is 1.67 bits per heavy atom. The van der Waals surface area contributed by atoms with Crippen LogP contribution < -0.4 is 5.73 Å². The first kappa shape index (κ1) is 12.5. The van der Waals surface area contributed by atoms with E-state index in [9.17, 15) is 4.79 Å². The minimum absolute atomic E-state index is 0.356. The molecule has 0 bridgehead atoms. The number of rotatable bonds is 3. The van der Waals surface area contributed by atoms with Gasteiger partial charge in [-0.05, 0) is 41.4 Å². The molecule has 1 unspecified atom stereocenters. The van der Waals surface area contributed by atoms with Gasteiger partial charge in [0.05, 0.1) is 11.1 Å². The van der Waals surface area contributed by atoms with Crippen LogP contribution in [0.15, 0.2) is 16.6 Å². The molecule has 1 heterocycles. The third-order valence-corrected chi connectivity index (χ3v) is 3.44. The van der Waals surface area contributed by atoms with Crippen molar-refractivity contribution in [2.24, 2.45) is 5.73 Å². The summed E-state index contributed by atoms with van der Waals surface area (Å²) in [6.45, 7) is 3.65. The quantitative estimate of drug-likeness (QED) is 0.870. The van der Waals surface area contributed by atoms with E-state index >= 15 is 0 Å². The van der Waals surface area contributed by atoms with Gasteiger partial charge in [0.25, 0.3) is 0 Å². The van der Waals surface area contributed by atoms with Crippen LogP contribution in [0.5, 0.6) is 0 Å². The summed E-state index contributed by atoms with van der Waals surface area (Å²) < 4.78 is 0.745. The van der Waals surface area contributed by atoms with Crippen molar-refractivity contribution >= 4 is 33.4 Å². The molecule has 0 aliphatic rings. The number of carbonyl (C=O) groups is 1. The van der Waals surface area contributed by atoms with Crippen molar-refractivity contribution in [3.8, 4) is 0 Å². The number of carbonyl (C=O) groups excluding carboxylic acids is 1. The molecule has 1 atom stereocenters. The summed E-state index contributed by atoms with van der Waals surface area (Å²) in [5.41, 5.74) is 5.19. The second-order valence-electron chi connectivity index (χ2n) is 3.51. The van der Waals surface area contributed by atoms with E-state index in [0.29, 0.717) is 17.3 Å². The smallest absolute Gasteiger partial charge is 0.229 e. The predicted octanol–water partition coefficient (Wildman–Crippen LogP) is 2.65. The normalized spacial score (nSPS) is 14.7. The molecule has 1 aromatic heterocycles. The second-order valence-corrected chi connectivity index (χ2v) is 4.76. The summed E-state index contributed by atoms with van der Waals surface area (Å²) in [5, 5.41) is 0.356. The molecule has 0 radical (unpaired) electrons. The minimum atomic E-state index is -0.788. The Kier molecular flexibility index (Phi) is 3.73. The summed E-state index contributed by atoms with van der Waals surface area (Å²) in [6.07, 6.45) is 0.578. The van der Waals surface area contributed by atoms with Crippen LogP contribution in [0.25, 0.3) is 0 Å². The van der Waals surface area contributed by atoms with E-state index < -0.39 is 11.3 Å². The maximum atomic E-state index is 11.4. The predicted molar refractivity (Wildman–Crippen MR) is 63.8 cm³/mol. The first-order valence-electron chi connectivity index (χ1n) is 4.54. The Morgan fingerprint density at radius 2 is 2.27 bits per heavy atom. The summed E-state index contributed by atoms with van der Waals surface area (Å²) in [5.74, 6) is -0.402. The molecule has 15 heavy (non-hydrogen) atoms. The molecule has 0 aromatic carbocycles. The Hall–Kier alpha value is -0.610. The van der Waals surface area contributed by atoms with E-state index in [1.165, 1.54) is 0 Å². The van der Waals surface area contributed by atoms with Gasteiger partial charge in [0.1, 0.15) is 5.15 Å². The van der Waals surface area contributed by atoms with Crippen molar-refractivity contribution in [1.29, 1.82) is 0 Å². The largest absolute Gasteiger partial charge is 0.369 e. The van der Waals surface area contributed by atoms with E-state index in [4.69, 9.17) is 17.3 Å². The Morgan fingerprint density at radius 3 is 2.73 bits per heavy atom. The van der Waals surface area contributed by atoms with Crippen LogP contribution in [0, 0.1) is 0 Å². The molecule has 1 aromatic rings. The lowest BCUT2D eigenvalue weighted by Gasteiger charge is -2.24. The molecule has 0 saturated carbocycles. The second kappa shape index (κ2) is 4.49. The summed E-state index contributed by atoms with van der Waals surface area (Å²) in [7, 11) is 0. The number of hydrogen-bond acceptors (Lipinski definition) is 2. The van der Waals surface area contributed by atoms with Gasteiger partial charge >= 0.3 is 0 Å². The lowest BCUT2D eigenvalue weighted by Crippen LogP contribution is -2.39. The Balaban J connectivity index is 3.35. The van der Waals surface area contributed by atoms with Gasteiger partial charge in [-0.2, -0.15) is 0 Å². The van der Waals surface area contributed by atoms with Crippen LogP contribution in [0.4, 0.5) is 0 Å². The molecule has 0 saturated heterocycles. The number of aromatic nitrogens is 1. The summed E-state index contributed by atoms with van der Waals surface area (Å²) in [6, 6.07) is 3.42. The fraction of sp³-hybridized carbons (Fsp3) is 0.400. The Labute approximate surface area is 102 Å². The van der Waals surface area contributed by atoms with Crippen LogP contribution in [-0.4, -0.2) is 10.9 Å². The number of pyridine rings is 1. The minimum Gasteiger partial charge on any atom is -0.369 e. The number of hydrogen-bond donors (Lipinski definition) is 1. The zero-order valence-electron chi connectivity index (χ0n) is 8.55. The molecular formula is C10H12BrClN2O. The number of nitrogens with zero attached hydrogens (tertiary/aromatic N) is 1. The molecule has 1 rings (SSSR count). The van der Waals surface area contributed by atoms with E-state index in [-0.39, 0.29) is 0 Å². The Bertz CT molecular complexity index is 397. The van der Waals surface area contributed by atoms with E-state index in [1.54, 1.807) is 19.1 Å². The van der Waals surface area contributed by atoms with E-state index in [2.05, 4.69) is 20.9 Å². The van der Waals surface area contributed by atoms with Crippen molar-refractivity contribution in [2.75, 3.05) is 0 Å². The molecule has 0 spiro atoms. The van der Waals surface area contributed by atoms with Gasteiger partial charge in [0, 0.05) is 4.47 Å². The molecule has 0 fully saturated rings. The van der Waals surface area contributed by atoms with Gasteiger partial charge in [0.15, 0.2) is 0 Å². The van der Waals surface area contributed by atoms with Gasteiger partial charge in [0.2, 0.25) is 5.91 Å². The zero-order chi connectivity index (χ0) is 11.6. The van der Waals surface area contributed by atoms with Crippen LogP contribution in [0.2, 0.25) is 5.15 Å². The van der Waals surface area contributed by atoms with Crippen molar-refractivity contribution < 1.29 is 4.79 Å². The van der Waals surface area contributed by atoms with Crippen LogP contribution in [0.1, 0.15) is 26.0 Å². The number of halogens is 2. The number of primary amides is 1. The van der Waals surface area contributed by atoms with Crippen molar-refractivity contribution in [2.45, 2.75) is 25.7 Å². The fourth-order valence-electron chi connectivity index (χ4n) is 1.26. The first-order chi connectivity index (χ1) is 6.91. The van der Waals surface area contributed by atoms with Crippen LogP contribution in [0.3, 0.4) is 0 Å². The SMILES string of the molecule is CCC(C)(C(N)=O)c1nc(Cl)ccc1Br. The highest BCUT2D eigenvalue weighted by Gasteiger charge is 2.34. The third-order valence-electron chi connectivity index (χ3n) is 2.59. The van der Waals surface area contributed by atoms with Crippen molar-refractivity contribution in [3.63, 3.8) is 0 Å². The average Bonchev–Trinajstić information content (AvgIpc) is 2.20. The van der Waals surface area contributed by atoms with Gasteiger partial charge in [-0.1, -0.05) is 18.5 Å². The fourth-order valence-corrected chi connectivity index (χ4v) is 2.07. The lowest BCUT2D eigenvalue weighted by molar-refractivity contribution is -0.123. The highest BCUT2D eigenvalue weighted by Crippen LogP contribution is 2.32. The zero-order valence-corrected chi connectivity index (χ0v) is 10.9. The van der Waals surface area contributed by atoms with Crippen LogP contribution in [-0.2, 0) is 10.2 Å². The van der Waals surface area contributed by atoms with Crippen molar-refractivity contribution in [1.82, 2.24) is 4.98 Å². The van der Waals surface area contributed by atoms with E-state index in [0.717, 1.165) is 4.47 Å². The molecule has 5 heteroatoms. The molecule has 3 nitrogen and oxygen atoms in total. The molecule has 1 amide bonds. The molecule has 2 N–H and O–H groups in total. The number of amides is 1. The molecule has 0 aliphatic heterocycles. The van der Waals surface area contributed by atoms with Gasteiger partial charge in [-0.3, -0.25) is 4.79 Å². The van der Waals surface area contributed by atoms with Gasteiger partial charge < -0.3 is 5.73 Å². The third kappa shape index (κ3) is 2.32. The first-order valence-corrected chi connectivity index (χ1v) is 5.71. The standard InChI is InChI=1S/C10H12BrClN2O/c1-3-10(2,9(13)15)8-6(11)4-5-7(12)14-8/h4-5H,3H2,1-2H3,(H2,13,15). The highest BCUT2D eigenvalue weighted by molar-refractivity contribution is 9.10. The average molecular weight is 292 g/mol. The molecule has 0 aliphatic carbocycles. The van der Waals surface area contributed by atoms with Crippen molar-refractivity contribution in [3.05, 3.63) is 27.5 Å². The monoisotopic (exact) mass is 290 g/mol. The maximum Gasteiger partial charge on any atom is 0.229 e. The van der Waals surface area contributed by atoms with Gasteiger partial charge in [-0.25, -0.2) is 4.98 Å².